The molecule has 8 amide bonds. The average Bonchev–Trinajstić information content (AvgIpc) is 0.812. The molecule has 4 aromatic heterocycles. The van der Waals surface area contributed by atoms with Gasteiger partial charge in [0.15, 0.2) is 11.9 Å². The number of nitrogens with two attached hydrogens (primary N) is 3. The predicted octanol–water partition coefficient (Wildman–Crippen LogP) is -7.95. The van der Waals surface area contributed by atoms with Crippen LogP contribution in [-0.2, 0) is 64.5 Å². The van der Waals surface area contributed by atoms with Gasteiger partial charge >= 0.3 is 22.8 Å². The molecule has 0 saturated heterocycles. The molecule has 0 aliphatic carbocycles. The highest BCUT2D eigenvalue weighted by Crippen LogP contribution is 2.09. The van der Waals surface area contributed by atoms with Crippen molar-refractivity contribution in [3.05, 3.63) is 168 Å². The Balaban J connectivity index is 1.27. The summed E-state index contributed by atoms with van der Waals surface area (Å²) in [5.41, 5.74) is 8.27. The van der Waals surface area contributed by atoms with Crippen LogP contribution in [0.5, 0.6) is 0 Å². The number of likely N-dealkylation sites (N-methyl/N-ethyl adjacent to an activating group) is 1. The lowest BCUT2D eigenvalue weighted by Crippen LogP contribution is -2.62. The molecule has 0 fully saturated rings. The van der Waals surface area contributed by atoms with Gasteiger partial charge in [-0.3, -0.25) is 91.6 Å². The number of benzene rings is 3. The Bertz CT molecular complexity index is 4660. The second kappa shape index (κ2) is 31.5. The monoisotopic (exact) mass is 1320 g/mol. The minimum Gasteiger partial charge on any atom is -0.370 e. The van der Waals surface area contributed by atoms with Gasteiger partial charge in [-0.1, -0.05) is 36.4 Å². The molecule has 0 aliphatic rings. The van der Waals surface area contributed by atoms with Crippen LogP contribution >= 0.6 is 0 Å². The maximum atomic E-state index is 15.2. The smallest absolute Gasteiger partial charge is 0.328 e. The van der Waals surface area contributed by atoms with Crippen molar-refractivity contribution in [2.24, 2.45) is 17.2 Å². The molecule has 7 rings (SSSR count). The zero-order valence-electron chi connectivity index (χ0n) is 50.8. The number of amides is 8. The van der Waals surface area contributed by atoms with E-state index in [1.165, 1.54) is 72.8 Å². The quantitative estimate of drug-likeness (QED) is 0.0113. The molecule has 6 atom stereocenters. The first-order valence-corrected chi connectivity index (χ1v) is 29.0. The minimum atomic E-state index is -2.27. The number of rotatable bonds is 30. The summed E-state index contributed by atoms with van der Waals surface area (Å²) in [7, 11) is 1.05. The molecular weight excluding hydrogens is 1250 g/mol. The number of para-hydroxylation sites is 3. The topological polar surface area (TPSA) is 581 Å². The van der Waals surface area contributed by atoms with Crippen molar-refractivity contribution in [3.8, 4) is 0 Å². The number of carbonyl (C=O) groups excluding carboxylic acids is 8. The second-order valence-electron chi connectivity index (χ2n) is 21.6. The van der Waals surface area contributed by atoms with Gasteiger partial charge in [0.25, 0.3) is 22.2 Å². The average molecular weight is 1320 g/mol. The molecule has 0 aliphatic heterocycles. The van der Waals surface area contributed by atoms with Crippen LogP contribution in [0.4, 0.5) is 0 Å². The molecule has 0 bridgehead atoms. The molecule has 20 N–H and O–H groups in total. The van der Waals surface area contributed by atoms with E-state index >= 15 is 9.59 Å². The number of H-pyrrole nitrogens is 4. The van der Waals surface area contributed by atoms with Gasteiger partial charge in [0, 0.05) is 39.3 Å². The highest BCUT2D eigenvalue weighted by Gasteiger charge is 2.35. The largest absolute Gasteiger partial charge is 0.370 e. The van der Waals surface area contributed by atoms with Crippen LogP contribution in [0.3, 0.4) is 0 Å². The first kappa shape index (κ1) is 69.9. The fraction of sp³-hybridized carbons (Fsp3) is 0.333. The molecule has 95 heavy (non-hydrogen) atoms. The molecule has 38 heteroatoms. The summed E-state index contributed by atoms with van der Waals surface area (Å²) in [5.74, 6) is -10.1. The van der Waals surface area contributed by atoms with Gasteiger partial charge in [0.05, 0.1) is 65.4 Å². The van der Waals surface area contributed by atoms with Crippen molar-refractivity contribution in [2.45, 2.75) is 95.0 Å². The molecule has 0 saturated carbocycles. The molecule has 0 spiro atoms. The Morgan fingerprint density at radius 1 is 0.474 bits per heavy atom. The number of fused-ring (bicyclic) bond motifs is 3. The fourth-order valence-corrected chi connectivity index (χ4v) is 9.94. The van der Waals surface area contributed by atoms with Crippen molar-refractivity contribution >= 4 is 91.9 Å². The molecule has 38 nitrogen and oxygen atoms in total. The Labute approximate surface area is 532 Å². The first-order valence-electron chi connectivity index (χ1n) is 29.0. The minimum absolute atomic E-state index is 0.0158. The van der Waals surface area contributed by atoms with Crippen LogP contribution in [0.25, 0.3) is 32.7 Å². The van der Waals surface area contributed by atoms with E-state index in [4.69, 9.17) is 28.0 Å². The van der Waals surface area contributed by atoms with Crippen molar-refractivity contribution in [3.63, 3.8) is 0 Å². The maximum Gasteiger partial charge on any atom is 0.328 e. The zero-order chi connectivity index (χ0) is 69.4. The Morgan fingerprint density at radius 3 is 1.25 bits per heavy atom. The molecule has 0 unspecified atom stereocenters. The third kappa shape index (κ3) is 18.3. The Kier molecular flexibility index (Phi) is 23.2. The van der Waals surface area contributed by atoms with Crippen molar-refractivity contribution < 1.29 is 38.4 Å². The van der Waals surface area contributed by atoms with Gasteiger partial charge in [-0.15, -0.1) is 0 Å². The SMILES string of the molecule is CC(=O)N[C@@H](CCCNC(=N)N)C(=O)N[C@H](Cn1ccc(=O)[nH]c1=O)C(=O)N(C)CC(=O)N[C@H](Cn1c(=O)[nH]c2ccccc2c1=O)C(=O)N[C@H](Cn1c(=O)[nH]c2ccccc2c1=O)C(=O)N[C@H](Cn1c(=O)[nH]c2ccccc2c1=O)C(=O)N[C@@H](CCCNC(=N)N)C(N)=O. The summed E-state index contributed by atoms with van der Waals surface area (Å²) in [6.07, 6.45) is 0.913. The number of hydrogen-bond acceptors (Lipinski definition) is 18. The van der Waals surface area contributed by atoms with Crippen LogP contribution in [-0.4, -0.2) is 165 Å². The molecule has 7 aromatic rings. The molecule has 0 radical (unpaired) electrons. The molecule has 502 valence electrons. The van der Waals surface area contributed by atoms with Gasteiger partial charge in [-0.25, -0.2) is 19.2 Å². The summed E-state index contributed by atoms with van der Waals surface area (Å²) < 4.78 is 2.34. The molecule has 3 aromatic carbocycles. The molecule has 4 heterocycles. The highest BCUT2D eigenvalue weighted by molar-refractivity contribution is 5.97. The van der Waals surface area contributed by atoms with E-state index in [0.29, 0.717) is 18.6 Å². The standard InChI is InChI=1S/C57H68N22O16/c1-28(80)65-36(18-10-21-64-53(61)62)44(84)70-40(23-76-22-19-41(81)74-54(76)92)51(91)75(2)27-42(82)66-37(24-77-48(88)29-11-3-6-14-32(29)71-55(77)93)45(85)68-39(26-79-50(90)31-13-5-8-16-34(31)73-57(79)95)47(87)69-38(46(86)67-35(43(58)83)17-9-20-63-52(59)60)25-78-49(89)30-12-4-7-15-33(30)72-56(78)94/h3-8,11-16,19,22,35-40H,9-10,17-18,20-21,23-27H2,1-2H3,(H2,58,83)(H,65,80)(H,66,82)(H,67,86)(H,68,85)(H,69,87)(H,70,84)(H,71,93)(H,72,94)(H,73,95)(H4,59,60,63)(H4,61,62,64)(H,74,81,92)/t35-,36-,37+,38+,39+,40+/m0/s1. The number of aromatic nitrogens is 8. The number of nitrogens with one attached hydrogen (secondary N) is 14. The number of primary amides is 1. The van der Waals surface area contributed by atoms with Crippen molar-refractivity contribution in [1.29, 1.82) is 10.8 Å². The van der Waals surface area contributed by atoms with E-state index < -0.39 is 167 Å². The lowest BCUT2D eigenvalue weighted by atomic mass is 10.1. The number of aromatic amines is 4. The summed E-state index contributed by atoms with van der Waals surface area (Å²) in [6, 6.07) is 6.75. The maximum absolute atomic E-state index is 15.2. The number of guanidine groups is 2. The predicted molar refractivity (Wildman–Crippen MR) is 340 cm³/mol. The van der Waals surface area contributed by atoms with Crippen molar-refractivity contribution in [2.75, 3.05) is 26.7 Å². The lowest BCUT2D eigenvalue weighted by Gasteiger charge is -2.28. The van der Waals surface area contributed by atoms with Gasteiger partial charge in [-0.2, -0.15) is 0 Å². The van der Waals surface area contributed by atoms with E-state index in [1.807, 2.05) is 4.98 Å². The van der Waals surface area contributed by atoms with Gasteiger partial charge in [0.2, 0.25) is 47.3 Å². The third-order valence-corrected chi connectivity index (χ3v) is 14.7. The summed E-state index contributed by atoms with van der Waals surface area (Å²) in [4.78, 5) is 231. The number of hydrogen-bond donors (Lipinski definition) is 17. The molecular formula is C57H68N22O16. The normalized spacial score (nSPS) is 13.0. The summed E-state index contributed by atoms with van der Waals surface area (Å²) in [6.45, 7) is -3.80. The van der Waals surface area contributed by atoms with E-state index in [9.17, 15) is 67.1 Å². The number of carbonyl (C=O) groups is 8. The van der Waals surface area contributed by atoms with Crippen molar-refractivity contribution in [1.82, 2.24) is 85.6 Å². The Hall–Kier alpha value is -12.5. The van der Waals surface area contributed by atoms with E-state index in [0.717, 1.165) is 30.8 Å². The number of nitrogens with zero attached hydrogens (tertiary/aromatic N) is 5. The van der Waals surface area contributed by atoms with Gasteiger partial charge in [-0.05, 0) is 62.1 Å². The highest BCUT2D eigenvalue weighted by atomic mass is 16.2. The van der Waals surface area contributed by atoms with E-state index in [2.05, 4.69) is 57.5 Å². The zero-order valence-corrected chi connectivity index (χ0v) is 50.8. The first-order chi connectivity index (χ1) is 45.1. The van der Waals surface area contributed by atoms with Crippen LogP contribution in [0, 0.1) is 10.8 Å². The van der Waals surface area contributed by atoms with Gasteiger partial charge < -0.3 is 79.6 Å². The Morgan fingerprint density at radius 2 is 0.853 bits per heavy atom. The fourth-order valence-electron chi connectivity index (χ4n) is 9.94. The third-order valence-electron chi connectivity index (χ3n) is 14.7. The van der Waals surface area contributed by atoms with Gasteiger partial charge in [0.1, 0.15) is 36.3 Å². The van der Waals surface area contributed by atoms with E-state index in [1.54, 1.807) is 0 Å². The van der Waals surface area contributed by atoms with Crippen LogP contribution in [0.2, 0.25) is 0 Å². The van der Waals surface area contributed by atoms with Crippen LogP contribution in [0.1, 0.15) is 32.6 Å². The van der Waals surface area contributed by atoms with E-state index in [-0.39, 0.29) is 77.4 Å². The summed E-state index contributed by atoms with van der Waals surface area (Å²) in [5, 5.41) is 33.8. The van der Waals surface area contributed by atoms with Crippen LogP contribution < -0.4 is 105 Å². The summed E-state index contributed by atoms with van der Waals surface area (Å²) >= 11 is 0. The lowest BCUT2D eigenvalue weighted by molar-refractivity contribution is -0.140. The second-order valence-corrected chi connectivity index (χ2v) is 21.6. The van der Waals surface area contributed by atoms with Crippen LogP contribution in [0.15, 0.2) is 123 Å².